The van der Waals surface area contributed by atoms with Gasteiger partial charge in [0.05, 0.1) is 10.4 Å². The highest BCUT2D eigenvalue weighted by Crippen LogP contribution is 2.26. The maximum Gasteiger partial charge on any atom is 0.417 e. The Morgan fingerprint density at radius 1 is 1.15 bits per heavy atom. The third kappa shape index (κ3) is 3.66. The average Bonchev–Trinajstić information content (AvgIpc) is 3.29. The number of nitrogens with one attached hydrogen (secondary N) is 2. The molecule has 1 aromatic heterocycles. The van der Waals surface area contributed by atoms with Crippen molar-refractivity contribution in [2.75, 3.05) is 13.1 Å². The summed E-state index contributed by atoms with van der Waals surface area (Å²) in [6.45, 7) is 0.612. The van der Waals surface area contributed by atoms with Crippen molar-refractivity contribution in [3.05, 3.63) is 28.7 Å². The van der Waals surface area contributed by atoms with Crippen molar-refractivity contribution in [1.29, 1.82) is 0 Å². The number of fused-ring (bicyclic) bond motifs is 1. The highest BCUT2D eigenvalue weighted by molar-refractivity contribution is 7.89. The monoisotopic (exact) mass is 393 g/mol. The first kappa shape index (κ1) is 18.2. The summed E-state index contributed by atoms with van der Waals surface area (Å²) in [6, 6.07) is 4.63. The number of carbonyl (C=O) groups excluding carboxylic acids is 1. The Balaban J connectivity index is 1.42. The van der Waals surface area contributed by atoms with Crippen LogP contribution in [0.4, 0.5) is 0 Å². The van der Waals surface area contributed by atoms with Crippen molar-refractivity contribution in [2.45, 2.75) is 49.5 Å². The summed E-state index contributed by atoms with van der Waals surface area (Å²) in [5, 5.41) is 3.10. The molecule has 4 rings (SSSR count). The molecule has 0 bridgehead atoms. The van der Waals surface area contributed by atoms with Gasteiger partial charge in [-0.2, -0.15) is 4.31 Å². The van der Waals surface area contributed by atoms with Crippen molar-refractivity contribution in [3.8, 4) is 0 Å². The molecule has 2 heterocycles. The molecule has 27 heavy (non-hydrogen) atoms. The normalized spacial score (nSPS) is 20.3. The second-order valence-electron chi connectivity index (χ2n) is 7.34. The van der Waals surface area contributed by atoms with E-state index in [0.29, 0.717) is 31.4 Å². The Hall–Kier alpha value is -2.13. The largest absolute Gasteiger partial charge is 0.417 e. The summed E-state index contributed by atoms with van der Waals surface area (Å²) >= 11 is 0. The molecular weight excluding hydrogens is 370 g/mol. The average molecular weight is 393 g/mol. The van der Waals surface area contributed by atoms with Crippen LogP contribution < -0.4 is 11.1 Å². The number of oxazole rings is 1. The van der Waals surface area contributed by atoms with Crippen LogP contribution in [0.3, 0.4) is 0 Å². The molecule has 8 nitrogen and oxygen atoms in total. The highest BCUT2D eigenvalue weighted by atomic mass is 32.2. The summed E-state index contributed by atoms with van der Waals surface area (Å²) in [6.07, 6.45) is 5.42. The number of sulfonamides is 1. The lowest BCUT2D eigenvalue weighted by Crippen LogP contribution is -2.44. The third-order valence-electron chi connectivity index (χ3n) is 5.56. The fourth-order valence-electron chi connectivity index (χ4n) is 3.98. The Morgan fingerprint density at radius 2 is 1.85 bits per heavy atom. The number of rotatable bonds is 4. The predicted octanol–water partition coefficient (Wildman–Crippen LogP) is 1.58. The van der Waals surface area contributed by atoms with E-state index in [4.69, 9.17) is 4.42 Å². The summed E-state index contributed by atoms with van der Waals surface area (Å²) < 4.78 is 32.1. The molecule has 1 amide bonds. The number of hydrogen-bond acceptors (Lipinski definition) is 5. The van der Waals surface area contributed by atoms with E-state index in [9.17, 15) is 18.0 Å². The Labute approximate surface area is 157 Å². The van der Waals surface area contributed by atoms with Crippen LogP contribution in [0.2, 0.25) is 0 Å². The van der Waals surface area contributed by atoms with Gasteiger partial charge in [-0.15, -0.1) is 0 Å². The number of amides is 1. The van der Waals surface area contributed by atoms with E-state index in [-0.39, 0.29) is 28.3 Å². The minimum atomic E-state index is -3.69. The molecule has 2 fully saturated rings. The molecule has 2 aliphatic rings. The number of carbonyl (C=O) groups is 1. The van der Waals surface area contributed by atoms with Crippen LogP contribution in [0.5, 0.6) is 0 Å². The fourth-order valence-corrected chi connectivity index (χ4v) is 5.47. The zero-order chi connectivity index (χ0) is 19.0. The molecule has 146 valence electrons. The van der Waals surface area contributed by atoms with Crippen LogP contribution in [0.1, 0.15) is 38.5 Å². The van der Waals surface area contributed by atoms with Gasteiger partial charge in [0.2, 0.25) is 15.9 Å². The minimum absolute atomic E-state index is 0.0504. The molecule has 9 heteroatoms. The first-order valence-corrected chi connectivity index (χ1v) is 10.8. The molecule has 0 radical (unpaired) electrons. The molecule has 1 aliphatic carbocycles. The first-order chi connectivity index (χ1) is 12.9. The molecule has 0 unspecified atom stereocenters. The van der Waals surface area contributed by atoms with Crippen LogP contribution in [-0.2, 0) is 14.8 Å². The van der Waals surface area contributed by atoms with Gasteiger partial charge in [-0.25, -0.2) is 13.2 Å². The minimum Gasteiger partial charge on any atom is -0.408 e. The van der Waals surface area contributed by atoms with Gasteiger partial charge in [-0.1, -0.05) is 12.8 Å². The standard InChI is InChI=1S/C18H23N3O5S/c22-17(19-13-3-1-2-4-13)12-7-9-21(10-8-12)27(24,25)14-5-6-15-16(11-14)26-18(23)20-15/h5-6,11-13H,1-4,7-10H2,(H,19,22)(H,20,23). The van der Waals surface area contributed by atoms with E-state index in [1.807, 2.05) is 0 Å². The van der Waals surface area contributed by atoms with Gasteiger partial charge in [0.15, 0.2) is 5.58 Å². The van der Waals surface area contributed by atoms with Crippen molar-refractivity contribution in [3.63, 3.8) is 0 Å². The van der Waals surface area contributed by atoms with Gasteiger partial charge in [0.1, 0.15) is 0 Å². The number of piperidine rings is 1. The number of H-pyrrole nitrogens is 1. The topological polar surface area (TPSA) is 112 Å². The zero-order valence-corrected chi connectivity index (χ0v) is 15.8. The van der Waals surface area contributed by atoms with Crippen LogP contribution >= 0.6 is 0 Å². The van der Waals surface area contributed by atoms with Crippen molar-refractivity contribution >= 4 is 27.0 Å². The van der Waals surface area contributed by atoms with Gasteiger partial charge in [0.25, 0.3) is 0 Å². The Kier molecular flexibility index (Phi) is 4.81. The number of aromatic amines is 1. The Morgan fingerprint density at radius 3 is 2.56 bits per heavy atom. The van der Waals surface area contributed by atoms with Crippen molar-refractivity contribution in [2.24, 2.45) is 5.92 Å². The highest BCUT2D eigenvalue weighted by Gasteiger charge is 2.33. The van der Waals surface area contributed by atoms with Crippen LogP contribution in [0, 0.1) is 5.92 Å². The second-order valence-corrected chi connectivity index (χ2v) is 9.28. The Bertz CT molecular complexity index is 995. The van der Waals surface area contributed by atoms with Crippen LogP contribution in [0.15, 0.2) is 32.3 Å². The molecule has 2 N–H and O–H groups in total. The van der Waals surface area contributed by atoms with Crippen LogP contribution in [0.25, 0.3) is 11.1 Å². The molecule has 1 aliphatic heterocycles. The maximum absolute atomic E-state index is 12.9. The van der Waals surface area contributed by atoms with Crippen molar-refractivity contribution < 1.29 is 17.6 Å². The van der Waals surface area contributed by atoms with Crippen molar-refractivity contribution in [1.82, 2.24) is 14.6 Å². The summed E-state index contributed by atoms with van der Waals surface area (Å²) in [5.74, 6) is -0.703. The summed E-state index contributed by atoms with van der Waals surface area (Å²) in [7, 11) is -3.69. The molecule has 1 aromatic carbocycles. The lowest BCUT2D eigenvalue weighted by atomic mass is 9.97. The summed E-state index contributed by atoms with van der Waals surface area (Å²) in [5.41, 5.74) is 0.674. The molecule has 2 aromatic rings. The maximum atomic E-state index is 12.9. The van der Waals surface area contributed by atoms with E-state index in [2.05, 4.69) is 10.3 Å². The fraction of sp³-hybridized carbons (Fsp3) is 0.556. The third-order valence-corrected chi connectivity index (χ3v) is 7.45. The molecular formula is C18H23N3O5S. The van der Waals surface area contributed by atoms with Gasteiger partial charge in [0, 0.05) is 31.1 Å². The number of nitrogens with zero attached hydrogens (tertiary/aromatic N) is 1. The molecule has 1 saturated carbocycles. The number of aromatic nitrogens is 1. The molecule has 0 spiro atoms. The van der Waals surface area contributed by atoms with E-state index < -0.39 is 15.8 Å². The lowest BCUT2D eigenvalue weighted by Gasteiger charge is -2.31. The predicted molar refractivity (Wildman–Crippen MR) is 98.7 cm³/mol. The SMILES string of the molecule is O=C(NC1CCCC1)C1CCN(S(=O)(=O)c2ccc3[nH]c(=O)oc3c2)CC1. The quantitative estimate of drug-likeness (QED) is 0.819. The molecule has 1 saturated heterocycles. The van der Waals surface area contributed by atoms with Gasteiger partial charge in [-0.3, -0.25) is 9.78 Å². The summed E-state index contributed by atoms with van der Waals surface area (Å²) in [4.78, 5) is 26.2. The number of benzene rings is 1. The lowest BCUT2D eigenvalue weighted by molar-refractivity contribution is -0.126. The zero-order valence-electron chi connectivity index (χ0n) is 14.9. The van der Waals surface area contributed by atoms with E-state index in [1.165, 1.54) is 22.5 Å². The first-order valence-electron chi connectivity index (χ1n) is 9.37. The second kappa shape index (κ2) is 7.12. The number of hydrogen-bond donors (Lipinski definition) is 2. The molecule has 0 atom stereocenters. The van der Waals surface area contributed by atoms with E-state index >= 15 is 0 Å². The van der Waals surface area contributed by atoms with Gasteiger partial charge < -0.3 is 9.73 Å². The van der Waals surface area contributed by atoms with E-state index in [1.54, 1.807) is 0 Å². The smallest absolute Gasteiger partial charge is 0.408 e. The van der Waals surface area contributed by atoms with Gasteiger partial charge >= 0.3 is 5.76 Å². The van der Waals surface area contributed by atoms with Gasteiger partial charge in [-0.05, 0) is 37.8 Å². The van der Waals surface area contributed by atoms with E-state index in [0.717, 1.165) is 25.7 Å². The van der Waals surface area contributed by atoms with Crippen LogP contribution in [-0.4, -0.2) is 42.7 Å².